The lowest BCUT2D eigenvalue weighted by Crippen LogP contribution is -2.14. The van der Waals surface area contributed by atoms with Gasteiger partial charge in [-0.1, -0.05) is 37.6 Å². The zero-order valence-electron chi connectivity index (χ0n) is 13.7. The second-order valence-corrected chi connectivity index (χ2v) is 6.27. The fourth-order valence-corrected chi connectivity index (χ4v) is 2.30. The van der Waals surface area contributed by atoms with E-state index < -0.39 is 0 Å². The fourth-order valence-electron chi connectivity index (χ4n) is 2.11. The highest BCUT2D eigenvalue weighted by Gasteiger charge is 2.10. The third kappa shape index (κ3) is 5.39. The topological polar surface area (TPSA) is 55.4 Å². The van der Waals surface area contributed by atoms with E-state index in [9.17, 15) is 9.59 Å². The van der Waals surface area contributed by atoms with Crippen LogP contribution in [-0.2, 0) is 4.79 Å². The molecule has 0 heterocycles. The average Bonchev–Trinajstić information content (AvgIpc) is 2.53. The van der Waals surface area contributed by atoms with Gasteiger partial charge in [0.25, 0.3) is 0 Å². The molecule has 2 rings (SSSR count). The molecule has 24 heavy (non-hydrogen) atoms. The van der Waals surface area contributed by atoms with E-state index in [1.807, 2.05) is 13.8 Å². The minimum atomic E-state index is -0.157. The number of amides is 1. The highest BCUT2D eigenvalue weighted by atomic mass is 35.5. The smallest absolute Gasteiger partial charge is 0.224 e. The molecule has 0 bridgehead atoms. The van der Waals surface area contributed by atoms with Crippen molar-refractivity contribution >= 4 is 29.0 Å². The largest absolute Gasteiger partial charge is 0.484 e. The summed E-state index contributed by atoms with van der Waals surface area (Å²) in [6.07, 6.45) is 0.465. The van der Waals surface area contributed by atoms with Crippen LogP contribution in [0.1, 0.15) is 30.6 Å². The van der Waals surface area contributed by atoms with Gasteiger partial charge < -0.3 is 10.1 Å². The SMILES string of the molecule is CC(C)CC(=O)Nc1ccc(C(=O)COc2ccccc2Cl)cc1. The number of halogens is 1. The normalized spacial score (nSPS) is 10.5. The van der Waals surface area contributed by atoms with Crippen molar-refractivity contribution in [3.05, 3.63) is 59.1 Å². The molecule has 0 radical (unpaired) electrons. The molecule has 0 atom stereocenters. The monoisotopic (exact) mass is 345 g/mol. The van der Waals surface area contributed by atoms with Crippen molar-refractivity contribution in [2.75, 3.05) is 11.9 Å². The molecule has 0 unspecified atom stereocenters. The highest BCUT2D eigenvalue weighted by molar-refractivity contribution is 6.32. The van der Waals surface area contributed by atoms with Crippen LogP contribution in [-0.4, -0.2) is 18.3 Å². The number of anilines is 1. The van der Waals surface area contributed by atoms with Crippen LogP contribution >= 0.6 is 11.6 Å². The van der Waals surface area contributed by atoms with Gasteiger partial charge in [0.1, 0.15) is 5.75 Å². The highest BCUT2D eigenvalue weighted by Crippen LogP contribution is 2.23. The molecule has 126 valence electrons. The zero-order valence-corrected chi connectivity index (χ0v) is 14.5. The van der Waals surface area contributed by atoms with Crippen LogP contribution in [0.25, 0.3) is 0 Å². The molecule has 0 aliphatic rings. The van der Waals surface area contributed by atoms with E-state index in [1.54, 1.807) is 48.5 Å². The van der Waals surface area contributed by atoms with Gasteiger partial charge in [0, 0.05) is 17.7 Å². The number of nitrogens with one attached hydrogen (secondary N) is 1. The molecule has 4 nitrogen and oxygen atoms in total. The first kappa shape index (κ1) is 18.0. The van der Waals surface area contributed by atoms with E-state index in [0.29, 0.717) is 34.4 Å². The second-order valence-electron chi connectivity index (χ2n) is 5.87. The molecule has 0 fully saturated rings. The van der Waals surface area contributed by atoms with Crippen molar-refractivity contribution in [2.45, 2.75) is 20.3 Å². The minimum absolute atomic E-state index is 0.0360. The van der Waals surface area contributed by atoms with Crippen molar-refractivity contribution in [2.24, 2.45) is 5.92 Å². The molecular formula is C19H20ClNO3. The molecule has 0 aliphatic carbocycles. The van der Waals surface area contributed by atoms with Crippen molar-refractivity contribution in [1.29, 1.82) is 0 Å². The summed E-state index contributed by atoms with van der Waals surface area (Å²) < 4.78 is 5.44. The van der Waals surface area contributed by atoms with Crippen molar-refractivity contribution in [1.82, 2.24) is 0 Å². The molecule has 2 aromatic rings. The summed E-state index contributed by atoms with van der Waals surface area (Å²) >= 11 is 5.98. The van der Waals surface area contributed by atoms with Crippen molar-refractivity contribution in [3.63, 3.8) is 0 Å². The minimum Gasteiger partial charge on any atom is -0.484 e. The molecule has 0 saturated carbocycles. The van der Waals surface area contributed by atoms with Crippen LogP contribution in [0.4, 0.5) is 5.69 Å². The Labute approximate surface area is 146 Å². The summed E-state index contributed by atoms with van der Waals surface area (Å²) in [6, 6.07) is 13.8. The summed E-state index contributed by atoms with van der Waals surface area (Å²) in [5.74, 6) is 0.582. The summed E-state index contributed by atoms with van der Waals surface area (Å²) in [5.41, 5.74) is 1.19. The Balaban J connectivity index is 1.91. The number of benzene rings is 2. The molecule has 0 saturated heterocycles. The van der Waals surface area contributed by atoms with E-state index in [2.05, 4.69) is 5.32 Å². The number of hydrogen-bond donors (Lipinski definition) is 1. The first-order valence-electron chi connectivity index (χ1n) is 7.76. The molecule has 1 amide bonds. The predicted octanol–water partition coefficient (Wildman–Crippen LogP) is 4.59. The number of carbonyl (C=O) groups excluding carboxylic acids is 2. The van der Waals surface area contributed by atoms with Crippen LogP contribution in [0, 0.1) is 5.92 Å². The molecule has 0 aromatic heterocycles. The number of ether oxygens (including phenoxy) is 1. The molecule has 0 aliphatic heterocycles. The molecule has 2 aromatic carbocycles. The Morgan fingerprint density at radius 2 is 1.75 bits per heavy atom. The summed E-state index contributed by atoms with van der Waals surface area (Å²) in [6.45, 7) is 3.88. The maximum Gasteiger partial charge on any atom is 0.224 e. The fraction of sp³-hybridized carbons (Fsp3) is 0.263. The lowest BCUT2D eigenvalue weighted by molar-refractivity contribution is -0.116. The summed E-state index contributed by atoms with van der Waals surface area (Å²) in [7, 11) is 0. The number of para-hydroxylation sites is 1. The Morgan fingerprint density at radius 1 is 1.08 bits per heavy atom. The van der Waals surface area contributed by atoms with Gasteiger partial charge in [0.05, 0.1) is 5.02 Å². The molecular weight excluding hydrogens is 326 g/mol. The number of Topliss-reactive ketones (excluding diaryl/α,β-unsaturated/α-hetero) is 1. The van der Waals surface area contributed by atoms with Gasteiger partial charge in [-0.05, 0) is 42.3 Å². The van der Waals surface area contributed by atoms with Crippen LogP contribution in [0.15, 0.2) is 48.5 Å². The van der Waals surface area contributed by atoms with Gasteiger partial charge >= 0.3 is 0 Å². The number of ketones is 1. The van der Waals surface area contributed by atoms with Crippen LogP contribution in [0.5, 0.6) is 5.75 Å². The first-order chi connectivity index (χ1) is 11.5. The van der Waals surface area contributed by atoms with Gasteiger partial charge in [-0.3, -0.25) is 9.59 Å². The number of carbonyl (C=O) groups is 2. The van der Waals surface area contributed by atoms with E-state index in [-0.39, 0.29) is 18.3 Å². The Bertz CT molecular complexity index is 711. The standard InChI is InChI=1S/C19H20ClNO3/c1-13(2)11-19(23)21-15-9-7-14(8-10-15)17(22)12-24-18-6-4-3-5-16(18)20/h3-10,13H,11-12H2,1-2H3,(H,21,23). The van der Waals surface area contributed by atoms with E-state index in [1.165, 1.54) is 0 Å². The van der Waals surface area contributed by atoms with E-state index in [0.717, 1.165) is 0 Å². The van der Waals surface area contributed by atoms with Gasteiger partial charge in [0.15, 0.2) is 12.4 Å². The Hall–Kier alpha value is -2.33. The van der Waals surface area contributed by atoms with Crippen molar-refractivity contribution < 1.29 is 14.3 Å². The Kier molecular flexibility index (Phi) is 6.38. The summed E-state index contributed by atoms with van der Waals surface area (Å²) in [5, 5.41) is 3.27. The predicted molar refractivity (Wildman–Crippen MR) is 95.8 cm³/mol. The van der Waals surface area contributed by atoms with E-state index >= 15 is 0 Å². The van der Waals surface area contributed by atoms with Crippen molar-refractivity contribution in [3.8, 4) is 5.75 Å². The maximum atomic E-state index is 12.2. The maximum absolute atomic E-state index is 12.2. The van der Waals surface area contributed by atoms with Gasteiger partial charge in [-0.25, -0.2) is 0 Å². The first-order valence-corrected chi connectivity index (χ1v) is 8.14. The van der Waals surface area contributed by atoms with E-state index in [4.69, 9.17) is 16.3 Å². The molecule has 1 N–H and O–H groups in total. The van der Waals surface area contributed by atoms with Gasteiger partial charge in [-0.15, -0.1) is 0 Å². The van der Waals surface area contributed by atoms with Crippen LogP contribution in [0.3, 0.4) is 0 Å². The van der Waals surface area contributed by atoms with Crippen LogP contribution < -0.4 is 10.1 Å². The number of rotatable bonds is 7. The lowest BCUT2D eigenvalue weighted by Gasteiger charge is -2.09. The third-order valence-electron chi connectivity index (χ3n) is 3.28. The third-order valence-corrected chi connectivity index (χ3v) is 3.59. The Morgan fingerprint density at radius 3 is 2.38 bits per heavy atom. The summed E-state index contributed by atoms with van der Waals surface area (Å²) in [4.78, 5) is 23.9. The van der Waals surface area contributed by atoms with Gasteiger partial charge in [0.2, 0.25) is 5.91 Å². The van der Waals surface area contributed by atoms with Gasteiger partial charge in [-0.2, -0.15) is 0 Å². The average molecular weight is 346 g/mol. The molecule has 5 heteroatoms. The second kappa shape index (κ2) is 8.50. The zero-order chi connectivity index (χ0) is 17.5. The van der Waals surface area contributed by atoms with Crippen LogP contribution in [0.2, 0.25) is 5.02 Å². The lowest BCUT2D eigenvalue weighted by atomic mass is 10.1. The number of hydrogen-bond acceptors (Lipinski definition) is 3. The molecule has 0 spiro atoms. The quantitative estimate of drug-likeness (QED) is 0.747.